The molecule has 10 heavy (non-hydrogen) atoms. The van der Waals surface area contributed by atoms with Crippen LogP contribution in [0.15, 0.2) is 23.3 Å². The zero-order valence-electron chi connectivity index (χ0n) is 5.73. The van der Waals surface area contributed by atoms with Gasteiger partial charge in [-0.25, -0.2) is 0 Å². The predicted octanol–water partition coefficient (Wildman–Crippen LogP) is 1.45. The van der Waals surface area contributed by atoms with Crippen LogP contribution in [0.1, 0.15) is 6.42 Å². The highest BCUT2D eigenvalue weighted by Crippen LogP contribution is 2.24. The van der Waals surface area contributed by atoms with E-state index in [9.17, 15) is 0 Å². The molecular weight excluding hydrogens is 146 g/mol. The summed E-state index contributed by atoms with van der Waals surface area (Å²) in [6.45, 7) is 2.08. The molecule has 1 aliphatic carbocycles. The van der Waals surface area contributed by atoms with Gasteiger partial charge in [-0.05, 0) is 12.0 Å². The lowest BCUT2D eigenvalue weighted by molar-refractivity contribution is 0.844. The second-order valence-electron chi connectivity index (χ2n) is 2.81. The van der Waals surface area contributed by atoms with Crippen LogP contribution in [0.3, 0.4) is 0 Å². The van der Waals surface area contributed by atoms with E-state index in [0.717, 1.165) is 19.5 Å². The lowest BCUT2D eigenvalue weighted by atomic mass is 10.0. The second-order valence-corrected chi connectivity index (χ2v) is 3.37. The Morgan fingerprint density at radius 2 is 2.40 bits per heavy atom. The van der Waals surface area contributed by atoms with Gasteiger partial charge in [-0.15, -0.1) is 11.6 Å². The first-order valence-electron chi connectivity index (χ1n) is 3.60. The van der Waals surface area contributed by atoms with Crippen molar-refractivity contribution >= 4 is 11.6 Å². The first kappa shape index (κ1) is 6.44. The Hall–Kier alpha value is -0.270. The van der Waals surface area contributed by atoms with Crippen LogP contribution in [-0.2, 0) is 0 Å². The molecule has 2 heteroatoms. The van der Waals surface area contributed by atoms with Crippen molar-refractivity contribution in [1.82, 2.24) is 5.32 Å². The molecule has 0 aromatic rings. The minimum atomic E-state index is 0.235. The van der Waals surface area contributed by atoms with Gasteiger partial charge in [0.2, 0.25) is 0 Å². The summed E-state index contributed by atoms with van der Waals surface area (Å²) < 4.78 is 0. The Labute approximate surface area is 65.8 Å². The zero-order valence-corrected chi connectivity index (χ0v) is 6.49. The Kier molecular flexibility index (Phi) is 1.55. The Morgan fingerprint density at radius 1 is 1.50 bits per heavy atom. The average molecular weight is 156 g/mol. The standard InChI is InChI=1S/C8H10ClN/c9-8-2-1-6-4-10-5-7(6)3-8/h1-2,8,10H,3-5H2. The minimum absolute atomic E-state index is 0.235. The summed E-state index contributed by atoms with van der Waals surface area (Å²) in [5.74, 6) is 0. The Balaban J connectivity index is 2.22. The first-order valence-corrected chi connectivity index (χ1v) is 4.04. The molecule has 0 bridgehead atoms. The van der Waals surface area contributed by atoms with Gasteiger partial charge in [0.15, 0.2) is 0 Å². The molecule has 0 aromatic carbocycles. The van der Waals surface area contributed by atoms with Crippen LogP contribution < -0.4 is 5.32 Å². The molecular formula is C8H10ClN. The number of hydrogen-bond acceptors (Lipinski definition) is 1. The lowest BCUT2D eigenvalue weighted by Gasteiger charge is -2.11. The fourth-order valence-corrected chi connectivity index (χ4v) is 1.75. The molecule has 0 aromatic heterocycles. The molecule has 0 amide bonds. The maximum atomic E-state index is 5.93. The van der Waals surface area contributed by atoms with E-state index in [1.807, 2.05) is 0 Å². The Morgan fingerprint density at radius 3 is 3.30 bits per heavy atom. The topological polar surface area (TPSA) is 12.0 Å². The van der Waals surface area contributed by atoms with Crippen LogP contribution in [0.4, 0.5) is 0 Å². The molecule has 0 spiro atoms. The largest absolute Gasteiger partial charge is 0.309 e. The van der Waals surface area contributed by atoms with Gasteiger partial charge in [0.05, 0.1) is 5.38 Å². The van der Waals surface area contributed by atoms with E-state index in [4.69, 9.17) is 11.6 Å². The quantitative estimate of drug-likeness (QED) is 0.523. The van der Waals surface area contributed by atoms with Crippen molar-refractivity contribution in [3.63, 3.8) is 0 Å². The van der Waals surface area contributed by atoms with Crippen LogP contribution >= 0.6 is 11.6 Å². The molecule has 1 aliphatic heterocycles. The third-order valence-electron chi connectivity index (χ3n) is 2.06. The molecule has 54 valence electrons. The molecule has 0 saturated carbocycles. The summed E-state index contributed by atoms with van der Waals surface area (Å²) >= 11 is 5.93. The van der Waals surface area contributed by atoms with E-state index in [2.05, 4.69) is 17.5 Å². The van der Waals surface area contributed by atoms with Crippen LogP contribution in [0.5, 0.6) is 0 Å². The Bertz CT molecular complexity index is 205. The molecule has 1 nitrogen and oxygen atoms in total. The van der Waals surface area contributed by atoms with Gasteiger partial charge in [-0.1, -0.05) is 17.7 Å². The first-order chi connectivity index (χ1) is 4.86. The summed E-state index contributed by atoms with van der Waals surface area (Å²) in [5, 5.41) is 3.54. The smallest absolute Gasteiger partial charge is 0.0556 e. The van der Waals surface area contributed by atoms with Crippen molar-refractivity contribution in [2.75, 3.05) is 13.1 Å². The summed E-state index contributed by atoms with van der Waals surface area (Å²) in [5.41, 5.74) is 2.96. The molecule has 1 atom stereocenters. The maximum Gasteiger partial charge on any atom is 0.0556 e. The normalized spacial score (nSPS) is 31.1. The number of alkyl halides is 1. The summed E-state index contributed by atoms with van der Waals surface area (Å²) in [6.07, 6.45) is 5.27. The molecule has 0 fully saturated rings. The molecule has 0 radical (unpaired) electrons. The SMILES string of the molecule is ClC1C=CC2=C(CNC2)C1. The van der Waals surface area contributed by atoms with Crippen molar-refractivity contribution < 1.29 is 0 Å². The van der Waals surface area contributed by atoms with E-state index in [1.54, 1.807) is 0 Å². The molecule has 0 saturated heterocycles. The zero-order chi connectivity index (χ0) is 6.97. The van der Waals surface area contributed by atoms with Crippen LogP contribution in [0, 0.1) is 0 Å². The molecule has 2 rings (SSSR count). The van der Waals surface area contributed by atoms with Crippen molar-refractivity contribution in [3.05, 3.63) is 23.3 Å². The van der Waals surface area contributed by atoms with E-state index in [1.165, 1.54) is 11.1 Å². The molecule has 1 heterocycles. The number of halogens is 1. The van der Waals surface area contributed by atoms with Crippen molar-refractivity contribution in [2.24, 2.45) is 0 Å². The van der Waals surface area contributed by atoms with Gasteiger partial charge >= 0.3 is 0 Å². The number of hydrogen-bond donors (Lipinski definition) is 1. The lowest BCUT2D eigenvalue weighted by Crippen LogP contribution is -2.09. The second kappa shape index (κ2) is 2.40. The van der Waals surface area contributed by atoms with Crippen molar-refractivity contribution in [2.45, 2.75) is 11.8 Å². The third-order valence-corrected chi connectivity index (χ3v) is 2.36. The van der Waals surface area contributed by atoms with Gasteiger partial charge in [0, 0.05) is 13.1 Å². The van der Waals surface area contributed by atoms with E-state index in [-0.39, 0.29) is 5.38 Å². The summed E-state index contributed by atoms with van der Waals surface area (Å²) in [6, 6.07) is 0. The van der Waals surface area contributed by atoms with Gasteiger partial charge in [0.1, 0.15) is 0 Å². The van der Waals surface area contributed by atoms with Gasteiger partial charge < -0.3 is 5.32 Å². The molecule has 1 N–H and O–H groups in total. The van der Waals surface area contributed by atoms with E-state index in [0.29, 0.717) is 0 Å². The highest BCUT2D eigenvalue weighted by molar-refractivity contribution is 6.22. The predicted molar refractivity (Wildman–Crippen MR) is 43.3 cm³/mol. The number of rotatable bonds is 0. The van der Waals surface area contributed by atoms with Crippen molar-refractivity contribution in [1.29, 1.82) is 0 Å². The van der Waals surface area contributed by atoms with Gasteiger partial charge in [-0.2, -0.15) is 0 Å². The van der Waals surface area contributed by atoms with Crippen LogP contribution in [0.25, 0.3) is 0 Å². The highest BCUT2D eigenvalue weighted by Gasteiger charge is 2.17. The fraction of sp³-hybridized carbons (Fsp3) is 0.500. The average Bonchev–Trinajstić information content (AvgIpc) is 2.33. The van der Waals surface area contributed by atoms with Crippen LogP contribution in [-0.4, -0.2) is 18.5 Å². The summed E-state index contributed by atoms with van der Waals surface area (Å²) in [7, 11) is 0. The van der Waals surface area contributed by atoms with E-state index < -0.39 is 0 Å². The minimum Gasteiger partial charge on any atom is -0.309 e. The number of allylic oxidation sites excluding steroid dienone is 1. The molecule has 1 unspecified atom stereocenters. The van der Waals surface area contributed by atoms with E-state index >= 15 is 0 Å². The highest BCUT2D eigenvalue weighted by atomic mass is 35.5. The van der Waals surface area contributed by atoms with Crippen LogP contribution in [0.2, 0.25) is 0 Å². The third kappa shape index (κ3) is 0.998. The monoisotopic (exact) mass is 155 g/mol. The summed E-state index contributed by atoms with van der Waals surface area (Å²) in [4.78, 5) is 0. The van der Waals surface area contributed by atoms with Crippen molar-refractivity contribution in [3.8, 4) is 0 Å². The molecule has 2 aliphatic rings. The maximum absolute atomic E-state index is 5.93. The van der Waals surface area contributed by atoms with Gasteiger partial charge in [0.25, 0.3) is 0 Å². The number of nitrogens with one attached hydrogen (secondary N) is 1. The fourth-order valence-electron chi connectivity index (χ4n) is 1.49. The van der Waals surface area contributed by atoms with Gasteiger partial charge in [-0.3, -0.25) is 0 Å².